The summed E-state index contributed by atoms with van der Waals surface area (Å²) in [5.74, 6) is 4.26. The average molecular weight is 361 g/mol. The first-order valence-corrected chi connectivity index (χ1v) is 11.4. The Morgan fingerprint density at radius 1 is 1.08 bits per heavy atom. The van der Waals surface area contributed by atoms with E-state index in [4.69, 9.17) is 0 Å². The molecule has 26 heavy (non-hydrogen) atoms. The fourth-order valence-corrected chi connectivity index (χ4v) is 8.68. The van der Waals surface area contributed by atoms with Gasteiger partial charge in [-0.25, -0.2) is 0 Å². The number of hydrogen-bond acceptors (Lipinski definition) is 2. The lowest BCUT2D eigenvalue weighted by Gasteiger charge is -2.63. The van der Waals surface area contributed by atoms with Crippen LogP contribution in [0.1, 0.15) is 92.4 Å². The molecule has 0 aromatic rings. The number of fused-ring (bicyclic) bond motifs is 5. The predicted molar refractivity (Wildman–Crippen MR) is 106 cm³/mol. The second-order valence-corrected chi connectivity index (χ2v) is 11.1. The van der Waals surface area contributed by atoms with Gasteiger partial charge in [-0.15, -0.1) is 0 Å². The van der Waals surface area contributed by atoms with Crippen LogP contribution in [0.2, 0.25) is 0 Å². The SMILES string of the molecule is CCC(C)[C@]1(O)CC[C@H]2[C@@H]3CC[C@H]4CC(=O)C[C@H](C)[C@]4(C)[C@H]3CC[C@@]21C. The maximum atomic E-state index is 12.2. The third-order valence-electron chi connectivity index (χ3n) is 10.7. The third kappa shape index (κ3) is 2.23. The van der Waals surface area contributed by atoms with Gasteiger partial charge in [-0.05, 0) is 84.9 Å². The van der Waals surface area contributed by atoms with E-state index in [0.717, 1.165) is 37.5 Å². The number of carbonyl (C=O) groups is 1. The van der Waals surface area contributed by atoms with Gasteiger partial charge < -0.3 is 5.11 Å². The molecule has 1 N–H and O–H groups in total. The van der Waals surface area contributed by atoms with E-state index in [1.165, 1.54) is 32.1 Å². The van der Waals surface area contributed by atoms with Gasteiger partial charge >= 0.3 is 0 Å². The molecule has 4 rings (SSSR count). The highest BCUT2D eigenvalue weighted by molar-refractivity contribution is 5.80. The first-order chi connectivity index (χ1) is 12.2. The summed E-state index contributed by atoms with van der Waals surface area (Å²) in [5.41, 5.74) is -0.0287. The van der Waals surface area contributed by atoms with Gasteiger partial charge in [0.2, 0.25) is 0 Å². The van der Waals surface area contributed by atoms with Crippen LogP contribution in [0.3, 0.4) is 0 Å². The normalized spacial score (nSPS) is 55.0. The fourth-order valence-electron chi connectivity index (χ4n) is 8.68. The lowest BCUT2D eigenvalue weighted by atomic mass is 9.42. The summed E-state index contributed by atoms with van der Waals surface area (Å²) in [6.07, 6.45) is 9.91. The summed E-state index contributed by atoms with van der Waals surface area (Å²) in [4.78, 5) is 12.2. The van der Waals surface area contributed by atoms with Crippen LogP contribution < -0.4 is 0 Å². The largest absolute Gasteiger partial charge is 0.389 e. The predicted octanol–water partition coefficient (Wildman–Crippen LogP) is 5.62. The first-order valence-electron chi connectivity index (χ1n) is 11.4. The van der Waals surface area contributed by atoms with Gasteiger partial charge in [0.1, 0.15) is 5.78 Å². The van der Waals surface area contributed by atoms with Crippen LogP contribution in [0.4, 0.5) is 0 Å². The summed E-state index contributed by atoms with van der Waals surface area (Å²) in [5, 5.41) is 11.7. The smallest absolute Gasteiger partial charge is 0.133 e. The molecule has 9 atom stereocenters. The number of Topliss-reactive ketones (excluding diaryl/α,β-unsaturated/α-hetero) is 1. The van der Waals surface area contributed by atoms with Crippen molar-refractivity contribution in [1.29, 1.82) is 0 Å². The van der Waals surface area contributed by atoms with Crippen LogP contribution in [0.15, 0.2) is 0 Å². The molecule has 0 heterocycles. The molecule has 0 radical (unpaired) electrons. The van der Waals surface area contributed by atoms with Crippen molar-refractivity contribution < 1.29 is 9.90 Å². The molecule has 0 aromatic heterocycles. The Morgan fingerprint density at radius 3 is 2.46 bits per heavy atom. The second-order valence-electron chi connectivity index (χ2n) is 11.1. The lowest BCUT2D eigenvalue weighted by Crippen LogP contribution is -2.59. The highest BCUT2D eigenvalue weighted by atomic mass is 16.3. The van der Waals surface area contributed by atoms with Crippen molar-refractivity contribution in [1.82, 2.24) is 0 Å². The lowest BCUT2D eigenvalue weighted by molar-refractivity contribution is -0.179. The molecule has 2 heteroatoms. The van der Waals surface area contributed by atoms with E-state index in [-0.39, 0.29) is 5.41 Å². The molecule has 2 nitrogen and oxygen atoms in total. The van der Waals surface area contributed by atoms with Gasteiger partial charge in [-0.2, -0.15) is 0 Å². The van der Waals surface area contributed by atoms with E-state index in [0.29, 0.717) is 34.9 Å². The van der Waals surface area contributed by atoms with Crippen LogP contribution in [0.5, 0.6) is 0 Å². The molecular formula is C24H40O2. The molecule has 4 saturated carbocycles. The van der Waals surface area contributed by atoms with Crippen LogP contribution in [0, 0.1) is 46.3 Å². The average Bonchev–Trinajstić information content (AvgIpc) is 2.88. The zero-order chi connectivity index (χ0) is 18.9. The highest BCUT2D eigenvalue weighted by Crippen LogP contribution is 2.69. The molecule has 4 aliphatic carbocycles. The molecule has 0 aliphatic heterocycles. The van der Waals surface area contributed by atoms with Crippen molar-refractivity contribution in [2.75, 3.05) is 0 Å². The molecule has 4 aliphatic rings. The van der Waals surface area contributed by atoms with Crippen LogP contribution >= 0.6 is 0 Å². The van der Waals surface area contributed by atoms with Gasteiger partial charge in [-0.1, -0.05) is 41.0 Å². The summed E-state index contributed by atoms with van der Waals surface area (Å²) in [7, 11) is 0. The third-order valence-corrected chi connectivity index (χ3v) is 10.7. The highest BCUT2D eigenvalue weighted by Gasteiger charge is 2.66. The minimum atomic E-state index is -0.469. The van der Waals surface area contributed by atoms with Crippen molar-refractivity contribution in [3.05, 3.63) is 0 Å². The maximum Gasteiger partial charge on any atom is 0.133 e. The van der Waals surface area contributed by atoms with E-state index < -0.39 is 5.60 Å². The molecule has 0 amide bonds. The molecule has 0 spiro atoms. The molecule has 0 saturated heterocycles. The Balaban J connectivity index is 1.66. The van der Waals surface area contributed by atoms with Crippen molar-refractivity contribution in [3.8, 4) is 0 Å². The number of ketones is 1. The molecular weight excluding hydrogens is 320 g/mol. The van der Waals surface area contributed by atoms with Crippen molar-refractivity contribution in [2.24, 2.45) is 46.3 Å². The standard InChI is InChI=1S/C24H40O2/c1-6-15(2)24(26)12-10-20-19-8-7-17-14-18(25)13-16(3)23(17,5)21(19)9-11-22(20,24)4/h15-17,19-21,26H,6-14H2,1-5H3/t15?,16-,17-,19-,20-,21-,22-,23-,24+/m0/s1. The Morgan fingerprint density at radius 2 is 1.77 bits per heavy atom. The van der Waals surface area contributed by atoms with Crippen molar-refractivity contribution in [2.45, 2.75) is 98.0 Å². The van der Waals surface area contributed by atoms with Crippen LogP contribution in [-0.4, -0.2) is 16.5 Å². The Labute approximate surface area is 160 Å². The van der Waals surface area contributed by atoms with E-state index >= 15 is 0 Å². The van der Waals surface area contributed by atoms with Crippen molar-refractivity contribution in [3.63, 3.8) is 0 Å². The van der Waals surface area contributed by atoms with Gasteiger partial charge in [0.15, 0.2) is 0 Å². The number of rotatable bonds is 2. The fraction of sp³-hybridized carbons (Fsp3) is 0.958. The molecule has 148 valence electrons. The zero-order valence-corrected chi connectivity index (χ0v) is 17.7. The summed E-state index contributed by atoms with van der Waals surface area (Å²) in [6.45, 7) is 11.8. The molecule has 1 unspecified atom stereocenters. The van der Waals surface area contributed by atoms with E-state index in [1.54, 1.807) is 0 Å². The topological polar surface area (TPSA) is 37.3 Å². The number of aliphatic hydroxyl groups is 1. The van der Waals surface area contributed by atoms with Gasteiger partial charge in [0.05, 0.1) is 5.60 Å². The Bertz CT molecular complexity index is 585. The quantitative estimate of drug-likeness (QED) is 0.694. The van der Waals surface area contributed by atoms with Gasteiger partial charge in [-0.3, -0.25) is 4.79 Å². The molecule has 0 bridgehead atoms. The zero-order valence-electron chi connectivity index (χ0n) is 17.7. The first kappa shape index (κ1) is 19.0. The number of hydrogen-bond donors (Lipinski definition) is 1. The Kier molecular flexibility index (Phi) is 4.42. The van der Waals surface area contributed by atoms with E-state index in [1.807, 2.05) is 0 Å². The van der Waals surface area contributed by atoms with Gasteiger partial charge in [0.25, 0.3) is 0 Å². The van der Waals surface area contributed by atoms with E-state index in [9.17, 15) is 9.90 Å². The monoisotopic (exact) mass is 360 g/mol. The Hall–Kier alpha value is -0.370. The van der Waals surface area contributed by atoms with Crippen LogP contribution in [-0.2, 0) is 4.79 Å². The summed E-state index contributed by atoms with van der Waals surface area (Å²) < 4.78 is 0. The van der Waals surface area contributed by atoms with Crippen molar-refractivity contribution >= 4 is 5.78 Å². The summed E-state index contributed by atoms with van der Waals surface area (Å²) in [6, 6.07) is 0. The summed E-state index contributed by atoms with van der Waals surface area (Å²) >= 11 is 0. The molecule has 4 fully saturated rings. The van der Waals surface area contributed by atoms with Crippen LogP contribution in [0.25, 0.3) is 0 Å². The number of carbonyl (C=O) groups excluding carboxylic acids is 1. The maximum absolute atomic E-state index is 12.2. The van der Waals surface area contributed by atoms with Gasteiger partial charge in [0, 0.05) is 12.8 Å². The minimum absolute atomic E-state index is 0.0977. The second kappa shape index (κ2) is 6.06. The van der Waals surface area contributed by atoms with E-state index in [2.05, 4.69) is 34.6 Å². The minimum Gasteiger partial charge on any atom is -0.389 e. The molecule has 0 aromatic carbocycles.